The highest BCUT2D eigenvalue weighted by Crippen LogP contribution is 2.21. The highest BCUT2D eigenvalue weighted by Gasteiger charge is 2.33. The van der Waals surface area contributed by atoms with Gasteiger partial charge in [0.05, 0.1) is 12.6 Å². The van der Waals surface area contributed by atoms with E-state index in [1.54, 1.807) is 0 Å². The van der Waals surface area contributed by atoms with Crippen LogP contribution in [0.25, 0.3) is 0 Å². The molecule has 0 spiro atoms. The van der Waals surface area contributed by atoms with Gasteiger partial charge in [-0.25, -0.2) is 4.98 Å². The Balaban J connectivity index is 1.58. The summed E-state index contributed by atoms with van der Waals surface area (Å²) < 4.78 is 0.978. The van der Waals surface area contributed by atoms with Crippen LogP contribution in [-0.4, -0.2) is 66.0 Å². The number of rotatable bonds is 3. The van der Waals surface area contributed by atoms with Crippen molar-refractivity contribution in [2.45, 2.75) is 25.3 Å². The SMILES string of the molecule is C#CCN1CCCCC1C(=O)N1CCN(c2ccc(Br)cn2)CC1. The van der Waals surface area contributed by atoms with E-state index in [1.807, 2.05) is 23.2 Å². The number of halogens is 1. The molecule has 0 N–H and O–H groups in total. The maximum atomic E-state index is 12.9. The van der Waals surface area contributed by atoms with Crippen LogP contribution >= 0.6 is 15.9 Å². The van der Waals surface area contributed by atoms with Crippen molar-refractivity contribution in [2.75, 3.05) is 44.2 Å². The molecule has 0 saturated carbocycles. The molecule has 3 heterocycles. The molecule has 2 saturated heterocycles. The topological polar surface area (TPSA) is 39.7 Å². The molecule has 1 atom stereocenters. The number of amides is 1. The molecule has 5 nitrogen and oxygen atoms in total. The molecule has 2 aliphatic heterocycles. The molecule has 0 bridgehead atoms. The van der Waals surface area contributed by atoms with E-state index in [4.69, 9.17) is 6.42 Å². The fourth-order valence-corrected chi connectivity index (χ4v) is 3.73. The highest BCUT2D eigenvalue weighted by atomic mass is 79.9. The molecule has 128 valence electrons. The van der Waals surface area contributed by atoms with Crippen molar-refractivity contribution in [3.8, 4) is 12.3 Å². The van der Waals surface area contributed by atoms with Crippen LogP contribution in [-0.2, 0) is 4.79 Å². The summed E-state index contributed by atoms with van der Waals surface area (Å²) in [5.74, 6) is 3.91. The molecule has 1 aromatic heterocycles. The van der Waals surface area contributed by atoms with Gasteiger partial charge in [-0.3, -0.25) is 9.69 Å². The molecule has 3 rings (SSSR count). The van der Waals surface area contributed by atoms with Gasteiger partial charge < -0.3 is 9.80 Å². The van der Waals surface area contributed by atoms with Gasteiger partial charge in [0.15, 0.2) is 0 Å². The minimum atomic E-state index is -0.0350. The zero-order valence-corrected chi connectivity index (χ0v) is 15.4. The number of terminal acetylenes is 1. The van der Waals surface area contributed by atoms with Crippen molar-refractivity contribution in [2.24, 2.45) is 0 Å². The Labute approximate surface area is 152 Å². The van der Waals surface area contributed by atoms with E-state index in [2.05, 4.69) is 36.6 Å². The summed E-state index contributed by atoms with van der Waals surface area (Å²) in [5.41, 5.74) is 0. The molecular weight excluding hydrogens is 368 g/mol. The van der Waals surface area contributed by atoms with Gasteiger partial charge in [-0.15, -0.1) is 6.42 Å². The second kappa shape index (κ2) is 8.00. The van der Waals surface area contributed by atoms with E-state index in [0.29, 0.717) is 6.54 Å². The smallest absolute Gasteiger partial charge is 0.240 e. The predicted octanol–water partition coefficient (Wildman–Crippen LogP) is 1.98. The number of pyridine rings is 1. The molecule has 6 heteroatoms. The van der Waals surface area contributed by atoms with Gasteiger partial charge >= 0.3 is 0 Å². The summed E-state index contributed by atoms with van der Waals surface area (Å²) in [7, 11) is 0. The summed E-state index contributed by atoms with van der Waals surface area (Å²) in [6.45, 7) is 4.64. The standard InChI is InChI=1S/C18H23BrN4O/c1-2-8-21-9-4-3-5-16(21)18(24)23-12-10-22(11-13-23)17-7-6-15(19)14-20-17/h1,6-7,14,16H,3-5,8-13H2. The molecule has 1 aromatic rings. The van der Waals surface area contributed by atoms with Crippen molar-refractivity contribution in [1.82, 2.24) is 14.8 Å². The first-order chi connectivity index (χ1) is 11.7. The Morgan fingerprint density at radius 1 is 1.25 bits per heavy atom. The number of anilines is 1. The number of likely N-dealkylation sites (tertiary alicyclic amines) is 1. The maximum absolute atomic E-state index is 12.9. The Hall–Kier alpha value is -1.58. The van der Waals surface area contributed by atoms with Crippen LogP contribution in [0.4, 0.5) is 5.82 Å². The molecule has 0 aromatic carbocycles. The van der Waals surface area contributed by atoms with Crippen LogP contribution in [0.15, 0.2) is 22.8 Å². The molecule has 0 aliphatic carbocycles. The third-order valence-corrected chi connectivity index (χ3v) is 5.29. The average Bonchev–Trinajstić information content (AvgIpc) is 2.63. The van der Waals surface area contributed by atoms with Crippen LogP contribution < -0.4 is 4.90 Å². The predicted molar refractivity (Wildman–Crippen MR) is 98.8 cm³/mol. The Morgan fingerprint density at radius 2 is 2.04 bits per heavy atom. The van der Waals surface area contributed by atoms with Crippen molar-refractivity contribution >= 4 is 27.7 Å². The lowest BCUT2D eigenvalue weighted by Crippen LogP contribution is -2.56. The normalized spacial score (nSPS) is 22.2. The number of hydrogen-bond acceptors (Lipinski definition) is 4. The van der Waals surface area contributed by atoms with Gasteiger partial charge in [-0.05, 0) is 47.4 Å². The number of nitrogens with zero attached hydrogens (tertiary/aromatic N) is 4. The first-order valence-corrected chi connectivity index (χ1v) is 9.31. The second-order valence-electron chi connectivity index (χ2n) is 6.33. The number of hydrogen-bond donors (Lipinski definition) is 0. The first kappa shape index (κ1) is 17.2. The van der Waals surface area contributed by atoms with Crippen molar-refractivity contribution in [1.29, 1.82) is 0 Å². The molecule has 2 aliphatic rings. The summed E-state index contributed by atoms with van der Waals surface area (Å²) >= 11 is 3.41. The molecular formula is C18H23BrN4O. The fraction of sp³-hybridized carbons (Fsp3) is 0.556. The summed E-state index contributed by atoms with van der Waals surface area (Å²) in [6.07, 6.45) is 10.4. The van der Waals surface area contributed by atoms with Crippen molar-refractivity contribution in [3.05, 3.63) is 22.8 Å². The average molecular weight is 391 g/mol. The second-order valence-corrected chi connectivity index (χ2v) is 7.25. The van der Waals surface area contributed by atoms with E-state index >= 15 is 0 Å². The molecule has 24 heavy (non-hydrogen) atoms. The lowest BCUT2D eigenvalue weighted by atomic mass is 10.0. The van der Waals surface area contributed by atoms with Crippen molar-refractivity contribution in [3.63, 3.8) is 0 Å². The number of piperazine rings is 1. The monoisotopic (exact) mass is 390 g/mol. The summed E-state index contributed by atoms with van der Waals surface area (Å²) in [5, 5.41) is 0. The number of piperidine rings is 1. The quantitative estimate of drug-likeness (QED) is 0.739. The van der Waals surface area contributed by atoms with Crippen LogP contribution in [0.5, 0.6) is 0 Å². The minimum absolute atomic E-state index is 0.0350. The maximum Gasteiger partial charge on any atom is 0.240 e. The van der Waals surface area contributed by atoms with E-state index in [9.17, 15) is 4.79 Å². The fourth-order valence-electron chi connectivity index (χ4n) is 3.50. The zero-order chi connectivity index (χ0) is 16.9. The van der Waals surface area contributed by atoms with E-state index in [-0.39, 0.29) is 11.9 Å². The van der Waals surface area contributed by atoms with Gasteiger partial charge in [0, 0.05) is 36.8 Å². The van der Waals surface area contributed by atoms with Gasteiger partial charge in [-0.1, -0.05) is 12.3 Å². The van der Waals surface area contributed by atoms with Gasteiger partial charge in [0.25, 0.3) is 0 Å². The summed E-state index contributed by atoms with van der Waals surface area (Å²) in [4.78, 5) is 23.7. The van der Waals surface area contributed by atoms with E-state index in [1.165, 1.54) is 0 Å². The number of carbonyl (C=O) groups excluding carboxylic acids is 1. The third kappa shape index (κ3) is 3.90. The van der Waals surface area contributed by atoms with Crippen LogP contribution in [0.2, 0.25) is 0 Å². The molecule has 1 amide bonds. The van der Waals surface area contributed by atoms with Crippen LogP contribution in [0, 0.1) is 12.3 Å². The molecule has 2 fully saturated rings. The third-order valence-electron chi connectivity index (χ3n) is 4.82. The Bertz CT molecular complexity index is 604. The molecule has 0 radical (unpaired) electrons. The van der Waals surface area contributed by atoms with Crippen molar-refractivity contribution < 1.29 is 4.79 Å². The highest BCUT2D eigenvalue weighted by molar-refractivity contribution is 9.10. The Kier molecular flexibility index (Phi) is 5.75. The minimum Gasteiger partial charge on any atom is -0.353 e. The lowest BCUT2D eigenvalue weighted by Gasteiger charge is -2.40. The van der Waals surface area contributed by atoms with Crippen LogP contribution in [0.1, 0.15) is 19.3 Å². The number of carbonyl (C=O) groups is 1. The van der Waals surface area contributed by atoms with Crippen LogP contribution in [0.3, 0.4) is 0 Å². The number of aromatic nitrogens is 1. The summed E-state index contributed by atoms with van der Waals surface area (Å²) in [6, 6.07) is 3.98. The van der Waals surface area contributed by atoms with E-state index < -0.39 is 0 Å². The lowest BCUT2D eigenvalue weighted by molar-refractivity contribution is -0.138. The largest absolute Gasteiger partial charge is 0.353 e. The van der Waals surface area contributed by atoms with Gasteiger partial charge in [0.2, 0.25) is 5.91 Å². The van der Waals surface area contributed by atoms with E-state index in [0.717, 1.165) is 62.3 Å². The van der Waals surface area contributed by atoms with Gasteiger partial charge in [0.1, 0.15) is 5.82 Å². The molecule has 1 unspecified atom stereocenters. The van der Waals surface area contributed by atoms with Gasteiger partial charge in [-0.2, -0.15) is 0 Å². The first-order valence-electron chi connectivity index (χ1n) is 8.52. The Morgan fingerprint density at radius 3 is 2.71 bits per heavy atom. The zero-order valence-electron chi connectivity index (χ0n) is 13.8.